The lowest BCUT2D eigenvalue weighted by Gasteiger charge is -2.29. The molecule has 0 aromatic heterocycles. The number of amides is 1. The predicted octanol–water partition coefficient (Wildman–Crippen LogP) is 4.16. The summed E-state index contributed by atoms with van der Waals surface area (Å²) in [4.78, 5) is 14.9. The van der Waals surface area contributed by atoms with Gasteiger partial charge >= 0.3 is 0 Å². The zero-order valence-electron chi connectivity index (χ0n) is 14.8. The topological polar surface area (TPSA) is 50.8 Å². The Hall–Kier alpha value is -2.05. The summed E-state index contributed by atoms with van der Waals surface area (Å²) >= 11 is 8.40. The van der Waals surface area contributed by atoms with Crippen molar-refractivity contribution in [3.8, 4) is 11.5 Å². The van der Waals surface area contributed by atoms with Crippen LogP contribution in [0.5, 0.6) is 11.5 Å². The van der Waals surface area contributed by atoms with Gasteiger partial charge in [-0.15, -0.1) is 0 Å². The largest absolute Gasteiger partial charge is 0.497 e. The Kier molecular flexibility index (Phi) is 6.16. The van der Waals surface area contributed by atoms with E-state index in [1.807, 2.05) is 23.9 Å². The van der Waals surface area contributed by atoms with Crippen LogP contribution in [0, 0.1) is 0 Å². The molecule has 2 aromatic carbocycles. The van der Waals surface area contributed by atoms with Crippen molar-refractivity contribution in [3.05, 3.63) is 47.0 Å². The van der Waals surface area contributed by atoms with E-state index in [1.165, 1.54) is 7.11 Å². The number of ether oxygens (including phenoxy) is 2. The van der Waals surface area contributed by atoms with Gasteiger partial charge in [0.1, 0.15) is 11.5 Å². The van der Waals surface area contributed by atoms with Crippen molar-refractivity contribution < 1.29 is 14.3 Å². The van der Waals surface area contributed by atoms with Gasteiger partial charge in [-0.1, -0.05) is 11.6 Å². The predicted molar refractivity (Wildman–Crippen MR) is 108 cm³/mol. The Labute approximate surface area is 162 Å². The molecule has 2 aromatic rings. The smallest absolute Gasteiger partial charge is 0.259 e. The summed E-state index contributed by atoms with van der Waals surface area (Å²) in [5, 5.41) is 3.51. The molecule has 1 heterocycles. The zero-order valence-corrected chi connectivity index (χ0v) is 16.3. The summed E-state index contributed by atoms with van der Waals surface area (Å²) < 4.78 is 10.5. The second-order valence-corrected chi connectivity index (χ2v) is 7.42. The van der Waals surface area contributed by atoms with Crippen molar-refractivity contribution in [2.45, 2.75) is 0 Å². The van der Waals surface area contributed by atoms with Crippen LogP contribution in [0.15, 0.2) is 36.4 Å². The lowest BCUT2D eigenvalue weighted by Crippen LogP contribution is -2.32. The number of anilines is 2. The first-order valence-corrected chi connectivity index (χ1v) is 9.81. The molecule has 0 spiro atoms. The highest BCUT2D eigenvalue weighted by atomic mass is 35.5. The molecule has 1 amide bonds. The zero-order chi connectivity index (χ0) is 18.5. The molecule has 0 radical (unpaired) electrons. The second-order valence-electron chi connectivity index (χ2n) is 5.79. The van der Waals surface area contributed by atoms with E-state index in [4.69, 9.17) is 21.1 Å². The Bertz CT molecular complexity index is 794. The van der Waals surface area contributed by atoms with Crippen LogP contribution in [0.2, 0.25) is 5.02 Å². The van der Waals surface area contributed by atoms with Crippen LogP contribution in [-0.4, -0.2) is 44.7 Å². The van der Waals surface area contributed by atoms with Crippen molar-refractivity contribution in [2.24, 2.45) is 0 Å². The highest BCUT2D eigenvalue weighted by molar-refractivity contribution is 7.99. The number of carbonyl (C=O) groups is 1. The van der Waals surface area contributed by atoms with E-state index < -0.39 is 0 Å². The molecule has 1 saturated heterocycles. The monoisotopic (exact) mass is 392 g/mol. The summed E-state index contributed by atoms with van der Waals surface area (Å²) in [7, 11) is 3.09. The van der Waals surface area contributed by atoms with Gasteiger partial charge < -0.3 is 19.7 Å². The van der Waals surface area contributed by atoms with Gasteiger partial charge in [-0.25, -0.2) is 0 Å². The number of nitrogens with zero attached hydrogens (tertiary/aromatic N) is 1. The molecular formula is C19H21ClN2O3S. The number of carbonyl (C=O) groups excluding carboxylic acids is 1. The summed E-state index contributed by atoms with van der Waals surface area (Å²) in [6, 6.07) is 10.7. The maximum absolute atomic E-state index is 12.7. The number of hydrogen-bond donors (Lipinski definition) is 1. The van der Waals surface area contributed by atoms with E-state index >= 15 is 0 Å². The minimum atomic E-state index is -0.279. The van der Waals surface area contributed by atoms with Gasteiger partial charge in [-0.2, -0.15) is 11.8 Å². The molecule has 3 rings (SSSR count). The summed E-state index contributed by atoms with van der Waals surface area (Å²) in [5.74, 6) is 3.00. The van der Waals surface area contributed by atoms with Crippen molar-refractivity contribution >= 4 is 40.6 Å². The third kappa shape index (κ3) is 4.19. The van der Waals surface area contributed by atoms with Crippen molar-refractivity contribution in [2.75, 3.05) is 49.0 Å². The molecular weight excluding hydrogens is 372 g/mol. The van der Waals surface area contributed by atoms with Crippen LogP contribution in [0.25, 0.3) is 0 Å². The first-order valence-electron chi connectivity index (χ1n) is 8.28. The van der Waals surface area contributed by atoms with Gasteiger partial charge in [0.2, 0.25) is 0 Å². The summed E-state index contributed by atoms with van der Waals surface area (Å²) in [5.41, 5.74) is 2.05. The Morgan fingerprint density at radius 1 is 1.12 bits per heavy atom. The molecule has 0 saturated carbocycles. The SMILES string of the molecule is COc1ccc(OC)c(C(=O)Nc2ccc(N3CCSCC3)c(Cl)c2)c1. The fourth-order valence-corrected chi connectivity index (χ4v) is 4.04. The quantitative estimate of drug-likeness (QED) is 0.827. The number of nitrogens with one attached hydrogen (secondary N) is 1. The Morgan fingerprint density at radius 3 is 2.54 bits per heavy atom. The average molecular weight is 393 g/mol. The lowest BCUT2D eigenvalue weighted by molar-refractivity contribution is 0.102. The van der Waals surface area contributed by atoms with Gasteiger partial charge in [0.25, 0.3) is 5.91 Å². The maximum Gasteiger partial charge on any atom is 0.259 e. The van der Waals surface area contributed by atoms with E-state index in [0.29, 0.717) is 27.8 Å². The molecule has 0 bridgehead atoms. The summed E-state index contributed by atoms with van der Waals surface area (Å²) in [6.45, 7) is 1.97. The van der Waals surface area contributed by atoms with Gasteiger partial charge in [0, 0.05) is 30.3 Å². The molecule has 1 aliphatic heterocycles. The van der Waals surface area contributed by atoms with Gasteiger partial charge in [0.15, 0.2) is 0 Å². The van der Waals surface area contributed by atoms with Gasteiger partial charge in [-0.05, 0) is 36.4 Å². The van der Waals surface area contributed by atoms with E-state index in [2.05, 4.69) is 10.2 Å². The van der Waals surface area contributed by atoms with Crippen LogP contribution < -0.4 is 19.7 Å². The second kappa shape index (κ2) is 8.56. The third-order valence-corrected chi connectivity index (χ3v) is 5.45. The third-order valence-electron chi connectivity index (χ3n) is 4.21. The molecule has 0 atom stereocenters. The molecule has 5 nitrogen and oxygen atoms in total. The van der Waals surface area contributed by atoms with E-state index in [9.17, 15) is 4.79 Å². The molecule has 1 aliphatic rings. The number of methoxy groups -OCH3 is 2. The van der Waals surface area contributed by atoms with Crippen LogP contribution in [0.3, 0.4) is 0 Å². The molecule has 1 fully saturated rings. The van der Waals surface area contributed by atoms with Crippen LogP contribution in [0.4, 0.5) is 11.4 Å². The summed E-state index contributed by atoms with van der Waals surface area (Å²) in [6.07, 6.45) is 0. The van der Waals surface area contributed by atoms with Crippen LogP contribution in [0.1, 0.15) is 10.4 Å². The van der Waals surface area contributed by atoms with Gasteiger partial charge in [-0.3, -0.25) is 4.79 Å². The number of hydrogen-bond acceptors (Lipinski definition) is 5. The number of benzene rings is 2. The minimum Gasteiger partial charge on any atom is -0.497 e. The highest BCUT2D eigenvalue weighted by Gasteiger charge is 2.17. The molecule has 7 heteroatoms. The molecule has 0 unspecified atom stereocenters. The minimum absolute atomic E-state index is 0.279. The molecule has 1 N–H and O–H groups in total. The first kappa shape index (κ1) is 18.7. The number of halogens is 1. The van der Waals surface area contributed by atoms with E-state index in [-0.39, 0.29) is 5.91 Å². The van der Waals surface area contributed by atoms with Gasteiger partial charge in [0.05, 0.1) is 30.5 Å². The lowest BCUT2D eigenvalue weighted by atomic mass is 10.1. The normalized spacial score (nSPS) is 14.0. The van der Waals surface area contributed by atoms with Crippen molar-refractivity contribution in [3.63, 3.8) is 0 Å². The maximum atomic E-state index is 12.7. The number of rotatable bonds is 5. The van der Waals surface area contributed by atoms with E-state index in [1.54, 1.807) is 31.4 Å². The van der Waals surface area contributed by atoms with Crippen LogP contribution in [-0.2, 0) is 0 Å². The highest BCUT2D eigenvalue weighted by Crippen LogP contribution is 2.31. The first-order chi connectivity index (χ1) is 12.6. The van der Waals surface area contributed by atoms with Crippen molar-refractivity contribution in [1.82, 2.24) is 0 Å². The molecule has 0 aliphatic carbocycles. The Morgan fingerprint density at radius 2 is 1.88 bits per heavy atom. The fourth-order valence-electron chi connectivity index (χ4n) is 2.84. The molecule has 138 valence electrons. The molecule has 26 heavy (non-hydrogen) atoms. The average Bonchev–Trinajstić information content (AvgIpc) is 2.68. The van der Waals surface area contributed by atoms with Crippen molar-refractivity contribution in [1.29, 1.82) is 0 Å². The van der Waals surface area contributed by atoms with Crippen LogP contribution >= 0.6 is 23.4 Å². The standard InChI is InChI=1S/C19H21ClN2O3S/c1-24-14-4-6-18(25-2)15(12-14)19(23)21-13-3-5-17(16(20)11-13)22-7-9-26-10-8-22/h3-6,11-12H,7-10H2,1-2H3,(H,21,23). The fraction of sp³-hybridized carbons (Fsp3) is 0.316. The number of thioether (sulfide) groups is 1. The Balaban J connectivity index is 1.78. The van der Waals surface area contributed by atoms with E-state index in [0.717, 1.165) is 30.3 Å².